The molecule has 14 heavy (non-hydrogen) atoms. The van der Waals surface area contributed by atoms with Crippen LogP contribution in [0.25, 0.3) is 0 Å². The lowest BCUT2D eigenvalue weighted by atomic mass is 10.0. The molecule has 0 radical (unpaired) electrons. The molecule has 2 nitrogen and oxygen atoms in total. The van der Waals surface area contributed by atoms with Crippen LogP contribution in [0, 0.1) is 0 Å². The molecule has 3 heteroatoms. The van der Waals surface area contributed by atoms with E-state index >= 15 is 0 Å². The van der Waals surface area contributed by atoms with Gasteiger partial charge >= 0.3 is 0 Å². The maximum absolute atomic E-state index is 9.62. The van der Waals surface area contributed by atoms with E-state index in [9.17, 15) is 10.2 Å². The van der Waals surface area contributed by atoms with Crippen LogP contribution in [0.3, 0.4) is 0 Å². The van der Waals surface area contributed by atoms with E-state index in [0.29, 0.717) is 6.16 Å². The van der Waals surface area contributed by atoms with E-state index in [0.717, 1.165) is 19.9 Å². The van der Waals surface area contributed by atoms with Gasteiger partial charge in [0.05, 0.1) is 6.10 Å². The maximum atomic E-state index is 9.62. The molecule has 2 unspecified atom stereocenters. The molecule has 1 heterocycles. The minimum Gasteiger partial charge on any atom is -0.389 e. The average Bonchev–Trinajstić information content (AvgIpc) is 2.52. The highest BCUT2D eigenvalue weighted by atomic mass is 31.1. The maximum Gasteiger partial charge on any atom is 0.106 e. The third-order valence-electron chi connectivity index (χ3n) is 2.42. The van der Waals surface area contributed by atoms with Crippen LogP contribution in [0.1, 0.15) is 5.56 Å². The summed E-state index contributed by atoms with van der Waals surface area (Å²) in [4.78, 5) is 0. The lowest BCUT2D eigenvalue weighted by Crippen LogP contribution is -2.30. The number of aliphatic hydroxyl groups is 2. The predicted octanol–water partition coefficient (Wildman–Crippen LogP) is 1.08. The molecule has 2 atom stereocenters. The monoisotopic (exact) mass is 208 g/mol. The fourth-order valence-electron chi connectivity index (χ4n) is 1.59. The zero-order valence-corrected chi connectivity index (χ0v) is 8.69. The van der Waals surface area contributed by atoms with Gasteiger partial charge in [0.25, 0.3) is 0 Å². The number of aliphatic hydroxyl groups excluding tert-OH is 2. The van der Waals surface area contributed by atoms with E-state index in [1.807, 2.05) is 30.3 Å². The average molecular weight is 208 g/mol. The molecule has 1 aliphatic heterocycles. The van der Waals surface area contributed by atoms with Gasteiger partial charge in [-0.25, -0.2) is 0 Å². The molecule has 2 N–H and O–H groups in total. The highest BCUT2D eigenvalue weighted by Gasteiger charge is 2.26. The topological polar surface area (TPSA) is 40.5 Å². The number of rotatable bonds is 2. The number of benzene rings is 1. The van der Waals surface area contributed by atoms with Crippen LogP contribution < -0.4 is 0 Å². The van der Waals surface area contributed by atoms with Crippen molar-refractivity contribution < 1.29 is 10.2 Å². The first kappa shape index (κ1) is 9.85. The Morgan fingerprint density at radius 1 is 1.21 bits per heavy atom. The van der Waals surface area contributed by atoms with Crippen molar-refractivity contribution in [2.75, 3.05) is 6.16 Å². The van der Waals surface area contributed by atoms with Crippen LogP contribution in [-0.2, 0) is 6.42 Å². The molecule has 2 rings (SSSR count). The summed E-state index contributed by atoms with van der Waals surface area (Å²) >= 11 is 0. The van der Waals surface area contributed by atoms with Gasteiger partial charge in [-0.3, -0.25) is 0 Å². The van der Waals surface area contributed by atoms with Gasteiger partial charge in [0.15, 0.2) is 0 Å². The second-order valence-corrected chi connectivity index (χ2v) is 4.76. The molecular formula is C11H13O2P. The molecule has 0 bridgehead atoms. The second-order valence-electron chi connectivity index (χ2n) is 3.51. The molecule has 0 aromatic heterocycles. The summed E-state index contributed by atoms with van der Waals surface area (Å²) in [5, 5.41) is 20.0. The molecule has 1 aliphatic rings. The van der Waals surface area contributed by atoms with E-state index in [1.165, 1.54) is 5.56 Å². The zero-order chi connectivity index (χ0) is 9.97. The number of hydrogen-bond donors (Lipinski definition) is 2. The summed E-state index contributed by atoms with van der Waals surface area (Å²) in [5.74, 6) is 0. The van der Waals surface area contributed by atoms with Crippen LogP contribution in [0.4, 0.5) is 0 Å². The summed E-state index contributed by atoms with van der Waals surface area (Å²) < 4.78 is 0. The van der Waals surface area contributed by atoms with Gasteiger partial charge in [0, 0.05) is 12.6 Å². The lowest BCUT2D eigenvalue weighted by molar-refractivity contribution is 0.0804. The van der Waals surface area contributed by atoms with Crippen molar-refractivity contribution in [1.82, 2.24) is 0 Å². The van der Waals surface area contributed by atoms with Gasteiger partial charge in [-0.2, -0.15) is 0 Å². The predicted molar refractivity (Wildman–Crippen MR) is 59.0 cm³/mol. The van der Waals surface area contributed by atoms with Gasteiger partial charge in [0.1, 0.15) is 6.10 Å². The molecule has 0 spiro atoms. The van der Waals surface area contributed by atoms with E-state index < -0.39 is 12.2 Å². The summed E-state index contributed by atoms with van der Waals surface area (Å²) in [5.41, 5.74) is 1.20. The highest BCUT2D eigenvalue weighted by Crippen LogP contribution is 2.21. The molecule has 74 valence electrons. The van der Waals surface area contributed by atoms with E-state index in [2.05, 4.69) is 0 Å². The molecule has 0 saturated heterocycles. The molecule has 1 aromatic rings. The molecule has 0 aliphatic carbocycles. The smallest absolute Gasteiger partial charge is 0.106 e. The van der Waals surface area contributed by atoms with Gasteiger partial charge in [-0.05, 0) is 10.9 Å². The second kappa shape index (κ2) is 4.22. The zero-order valence-electron chi connectivity index (χ0n) is 7.80. The van der Waals surface area contributed by atoms with Crippen LogP contribution in [0.15, 0.2) is 30.3 Å². The minimum atomic E-state index is -0.628. The third kappa shape index (κ3) is 2.03. The Labute approximate surface area is 85.0 Å². The summed E-state index contributed by atoms with van der Waals surface area (Å²) in [6, 6.07) is 10.0. The van der Waals surface area contributed by atoms with E-state index in [1.54, 1.807) is 0 Å². The summed E-state index contributed by atoms with van der Waals surface area (Å²) in [6.45, 7) is 0. The van der Waals surface area contributed by atoms with Crippen molar-refractivity contribution in [1.29, 1.82) is 0 Å². The number of hydrogen-bond acceptors (Lipinski definition) is 2. The molecule has 0 amide bonds. The Balaban J connectivity index is 2.06. The normalized spacial score (nSPS) is 27.4. The Morgan fingerprint density at radius 3 is 2.50 bits per heavy atom. The summed E-state index contributed by atoms with van der Waals surface area (Å²) in [7, 11) is 1.09. The molecular weight excluding hydrogens is 195 g/mol. The van der Waals surface area contributed by atoms with Crippen LogP contribution in [0.2, 0.25) is 0 Å². The van der Waals surface area contributed by atoms with Crippen molar-refractivity contribution in [3.05, 3.63) is 35.9 Å². The van der Waals surface area contributed by atoms with Gasteiger partial charge in [0.2, 0.25) is 0 Å². The van der Waals surface area contributed by atoms with E-state index in [4.69, 9.17) is 0 Å². The molecule has 0 fully saturated rings. The molecule has 1 aromatic carbocycles. The Bertz CT molecular complexity index is 334. The van der Waals surface area contributed by atoms with Crippen molar-refractivity contribution in [3.8, 4) is 0 Å². The van der Waals surface area contributed by atoms with Gasteiger partial charge in [-0.15, -0.1) is 0 Å². The van der Waals surface area contributed by atoms with Gasteiger partial charge in [-0.1, -0.05) is 38.5 Å². The third-order valence-corrected chi connectivity index (χ3v) is 3.80. The largest absolute Gasteiger partial charge is 0.389 e. The fourth-order valence-corrected chi connectivity index (χ4v) is 2.87. The highest BCUT2D eigenvalue weighted by molar-refractivity contribution is 7.41. The first-order valence-corrected chi connectivity index (χ1v) is 5.78. The SMILES string of the molecule is OC1CP=C(Cc2ccccc2)C1O. The van der Waals surface area contributed by atoms with Crippen LogP contribution >= 0.6 is 8.20 Å². The Hall–Kier alpha value is -0.690. The van der Waals surface area contributed by atoms with Gasteiger partial charge < -0.3 is 10.2 Å². The van der Waals surface area contributed by atoms with Crippen molar-refractivity contribution >= 4 is 13.5 Å². The first-order chi connectivity index (χ1) is 6.77. The van der Waals surface area contributed by atoms with Crippen LogP contribution in [0.5, 0.6) is 0 Å². The van der Waals surface area contributed by atoms with Crippen molar-refractivity contribution in [3.63, 3.8) is 0 Å². The Morgan fingerprint density at radius 2 is 1.93 bits per heavy atom. The summed E-state index contributed by atoms with van der Waals surface area (Å²) in [6.07, 6.45) is 0.261. The standard InChI is InChI=1S/C11H13O2P/c12-9-7-14-10(11(9)13)6-8-4-2-1-3-5-8/h1-5,9,11-13H,6-7H2. The van der Waals surface area contributed by atoms with Crippen molar-refractivity contribution in [2.45, 2.75) is 18.6 Å². The van der Waals surface area contributed by atoms with E-state index in [-0.39, 0.29) is 0 Å². The quantitative estimate of drug-likeness (QED) is 0.714. The first-order valence-electron chi connectivity index (χ1n) is 4.70. The molecule has 0 saturated carbocycles. The lowest BCUT2D eigenvalue weighted by Gasteiger charge is -2.11. The Kier molecular flexibility index (Phi) is 2.97. The fraction of sp³-hybridized carbons (Fsp3) is 0.364. The van der Waals surface area contributed by atoms with Crippen molar-refractivity contribution in [2.24, 2.45) is 0 Å². The minimum absolute atomic E-state index is 0.560. The van der Waals surface area contributed by atoms with Crippen LogP contribution in [-0.4, -0.2) is 33.9 Å².